The van der Waals surface area contributed by atoms with E-state index in [0.717, 1.165) is 13.1 Å². The average molecular weight is 241 g/mol. The molecule has 1 aliphatic rings. The lowest BCUT2D eigenvalue weighted by Gasteiger charge is -2.23. The minimum Gasteiger partial charge on any atom is -0.317 e. The number of rotatable bonds is 5. The summed E-state index contributed by atoms with van der Waals surface area (Å²) in [6.07, 6.45) is 4.31. The summed E-state index contributed by atoms with van der Waals surface area (Å²) in [4.78, 5) is 0. The van der Waals surface area contributed by atoms with Crippen LogP contribution in [0.1, 0.15) is 26.7 Å². The molecule has 92 valence electrons. The van der Waals surface area contributed by atoms with Crippen molar-refractivity contribution in [2.45, 2.75) is 32.7 Å². The van der Waals surface area contributed by atoms with Gasteiger partial charge in [-0.1, -0.05) is 13.8 Å². The summed E-state index contributed by atoms with van der Waals surface area (Å²) in [5, 5.41) is 15.9. The molecule has 3 N–H and O–H groups in total. The molecule has 1 saturated heterocycles. The molecule has 1 rings (SSSR count). The molecule has 1 aliphatic heterocycles. The van der Waals surface area contributed by atoms with E-state index in [9.17, 15) is 0 Å². The lowest BCUT2D eigenvalue weighted by Crippen LogP contribution is -2.41. The van der Waals surface area contributed by atoms with Gasteiger partial charge < -0.3 is 16.0 Å². The Balaban J connectivity index is 2.26. The summed E-state index contributed by atoms with van der Waals surface area (Å²) in [6, 6.07) is 0.585. The fraction of sp³-hybridized carbons (Fsp3) is 0.750. The largest absolute Gasteiger partial charge is 0.317 e. The number of allylic oxidation sites excluding steroid dienone is 1. The Morgan fingerprint density at radius 1 is 1.50 bits per heavy atom. The zero-order valence-corrected chi connectivity index (χ0v) is 11.5. The van der Waals surface area contributed by atoms with Crippen LogP contribution in [0.25, 0.3) is 0 Å². The van der Waals surface area contributed by atoms with Crippen LogP contribution in [-0.2, 0) is 0 Å². The molecule has 0 aromatic rings. The minimum absolute atomic E-state index is 0.504. The Labute approximate surface area is 101 Å². The molecule has 0 radical (unpaired) electrons. The van der Waals surface area contributed by atoms with Crippen LogP contribution in [-0.4, -0.2) is 31.4 Å². The monoisotopic (exact) mass is 241 g/mol. The van der Waals surface area contributed by atoms with Gasteiger partial charge in [-0.05, 0) is 43.2 Å². The topological polar surface area (TPSA) is 47.9 Å². The Morgan fingerprint density at radius 2 is 2.12 bits per heavy atom. The van der Waals surface area contributed by atoms with Crippen LogP contribution < -0.4 is 10.6 Å². The third-order valence-corrected chi connectivity index (χ3v) is 3.76. The zero-order valence-electron chi connectivity index (χ0n) is 10.3. The molecule has 4 heteroatoms. The smallest absolute Gasteiger partial charge is 0.0455 e. The van der Waals surface area contributed by atoms with Gasteiger partial charge in [0.05, 0.1) is 0 Å². The zero-order chi connectivity index (χ0) is 12.0. The van der Waals surface area contributed by atoms with E-state index < -0.39 is 0 Å². The number of hydrogen-bond acceptors (Lipinski definition) is 3. The molecule has 0 saturated carbocycles. The molecule has 0 amide bonds. The normalized spacial score (nSPS) is 19.1. The first kappa shape index (κ1) is 13.8. The van der Waals surface area contributed by atoms with E-state index in [1.54, 1.807) is 0 Å². The van der Waals surface area contributed by atoms with E-state index in [1.165, 1.54) is 18.2 Å². The van der Waals surface area contributed by atoms with Crippen LogP contribution in [0, 0.1) is 11.3 Å². The van der Waals surface area contributed by atoms with Gasteiger partial charge in [-0.3, -0.25) is 0 Å². The molecule has 1 unspecified atom stereocenters. The first-order valence-corrected chi connectivity index (χ1v) is 6.66. The van der Waals surface area contributed by atoms with Gasteiger partial charge in [0.15, 0.2) is 0 Å². The van der Waals surface area contributed by atoms with Gasteiger partial charge >= 0.3 is 0 Å². The summed E-state index contributed by atoms with van der Waals surface area (Å²) in [6.45, 7) is 7.18. The van der Waals surface area contributed by atoms with Crippen molar-refractivity contribution >= 4 is 15.0 Å². The summed E-state index contributed by atoms with van der Waals surface area (Å²) in [7, 11) is 2.72. The summed E-state index contributed by atoms with van der Waals surface area (Å²) < 4.78 is 0. The summed E-state index contributed by atoms with van der Waals surface area (Å²) in [5.74, 6) is 0.504. The maximum Gasteiger partial charge on any atom is 0.0455 e. The highest BCUT2D eigenvalue weighted by Crippen LogP contribution is 2.16. The molecular formula is C12H24N3P. The van der Waals surface area contributed by atoms with Crippen molar-refractivity contribution in [1.82, 2.24) is 10.6 Å². The van der Waals surface area contributed by atoms with Crippen molar-refractivity contribution in [2.75, 3.05) is 19.6 Å². The third kappa shape index (κ3) is 5.20. The number of hydrogen-bond donors (Lipinski definition) is 3. The highest BCUT2D eigenvalue weighted by Gasteiger charge is 2.11. The summed E-state index contributed by atoms with van der Waals surface area (Å²) >= 11 is 0. The molecule has 3 nitrogen and oxygen atoms in total. The fourth-order valence-electron chi connectivity index (χ4n) is 1.70. The van der Waals surface area contributed by atoms with Crippen molar-refractivity contribution in [1.29, 1.82) is 5.41 Å². The third-order valence-electron chi connectivity index (χ3n) is 2.93. The maximum absolute atomic E-state index is 7.86. The molecule has 16 heavy (non-hydrogen) atoms. The van der Waals surface area contributed by atoms with Gasteiger partial charge in [-0.15, -0.1) is 9.24 Å². The van der Waals surface area contributed by atoms with E-state index in [0.29, 0.717) is 24.2 Å². The quantitative estimate of drug-likeness (QED) is 0.507. The summed E-state index contributed by atoms with van der Waals surface area (Å²) in [5.41, 5.74) is 0.678. The molecule has 1 heterocycles. The highest BCUT2D eigenvalue weighted by atomic mass is 31.0. The second-order valence-corrected chi connectivity index (χ2v) is 5.40. The Morgan fingerprint density at radius 3 is 2.69 bits per heavy atom. The second kappa shape index (κ2) is 7.16. The number of piperidine rings is 1. The van der Waals surface area contributed by atoms with Crippen LogP contribution in [0.5, 0.6) is 0 Å². The first-order valence-electron chi connectivity index (χ1n) is 6.08. The van der Waals surface area contributed by atoms with E-state index in [4.69, 9.17) is 5.41 Å². The van der Waals surface area contributed by atoms with Gasteiger partial charge in [0, 0.05) is 18.3 Å². The van der Waals surface area contributed by atoms with E-state index in [-0.39, 0.29) is 0 Å². The second-order valence-electron chi connectivity index (χ2n) is 4.73. The van der Waals surface area contributed by atoms with Crippen molar-refractivity contribution in [3.8, 4) is 0 Å². The van der Waals surface area contributed by atoms with Crippen LogP contribution in [0.2, 0.25) is 0 Å². The Bertz CT molecular complexity index is 255. The lowest BCUT2D eigenvalue weighted by molar-refractivity contribution is 0.402. The molecule has 1 atom stereocenters. The minimum atomic E-state index is 0.504. The Hall–Kier alpha value is -0.240. The molecule has 1 fully saturated rings. The van der Waals surface area contributed by atoms with Gasteiger partial charge in [0.25, 0.3) is 0 Å². The van der Waals surface area contributed by atoms with Crippen LogP contribution in [0.3, 0.4) is 0 Å². The molecular weight excluding hydrogens is 217 g/mol. The van der Waals surface area contributed by atoms with Gasteiger partial charge in [0.2, 0.25) is 0 Å². The Kier molecular flexibility index (Phi) is 6.18. The predicted octanol–water partition coefficient (Wildman–Crippen LogP) is 1.76. The van der Waals surface area contributed by atoms with E-state index in [1.807, 2.05) is 6.08 Å². The van der Waals surface area contributed by atoms with Gasteiger partial charge in [-0.25, -0.2) is 0 Å². The standard InChI is InChI=1S/C12H24N3P/c1-9(2)12(16)7-10(13)8-15-11-3-5-14-6-4-11/h7,9,11,13-15H,3-6,8,16H2,1-2H3/b12-7-,13-10?. The molecule has 0 aromatic carbocycles. The van der Waals surface area contributed by atoms with Gasteiger partial charge in [-0.2, -0.15) is 0 Å². The van der Waals surface area contributed by atoms with E-state index in [2.05, 4.69) is 33.7 Å². The fourth-order valence-corrected chi connectivity index (χ4v) is 1.90. The number of nitrogens with one attached hydrogen (secondary N) is 3. The predicted molar refractivity (Wildman–Crippen MR) is 74.3 cm³/mol. The van der Waals surface area contributed by atoms with Crippen molar-refractivity contribution in [3.05, 3.63) is 11.4 Å². The molecule has 0 bridgehead atoms. The molecule has 0 spiro atoms. The SMILES string of the molecule is CC(C)/C(P)=C/C(=N)CNC1CCNCC1. The van der Waals surface area contributed by atoms with Crippen molar-refractivity contribution < 1.29 is 0 Å². The van der Waals surface area contributed by atoms with Gasteiger partial charge in [0.1, 0.15) is 0 Å². The molecule has 0 aliphatic carbocycles. The first-order chi connectivity index (χ1) is 7.59. The highest BCUT2D eigenvalue weighted by molar-refractivity contribution is 7.22. The van der Waals surface area contributed by atoms with Crippen LogP contribution in [0.4, 0.5) is 0 Å². The van der Waals surface area contributed by atoms with Crippen molar-refractivity contribution in [2.24, 2.45) is 5.92 Å². The van der Waals surface area contributed by atoms with Crippen LogP contribution >= 0.6 is 9.24 Å². The maximum atomic E-state index is 7.86. The van der Waals surface area contributed by atoms with E-state index >= 15 is 0 Å². The van der Waals surface area contributed by atoms with Crippen molar-refractivity contribution in [3.63, 3.8) is 0 Å². The van der Waals surface area contributed by atoms with Crippen LogP contribution in [0.15, 0.2) is 11.4 Å². The lowest BCUT2D eigenvalue weighted by atomic mass is 10.1. The average Bonchev–Trinajstić information content (AvgIpc) is 2.27. The molecule has 0 aromatic heterocycles.